The number of hydrogen-bond acceptors (Lipinski definition) is 2. The molecule has 0 aromatic heterocycles. The van der Waals surface area contributed by atoms with Crippen LogP contribution in [0.3, 0.4) is 0 Å². The van der Waals surface area contributed by atoms with Gasteiger partial charge in [0.2, 0.25) is 0 Å². The largest absolute Gasteiger partial charge is 0.372 e. The van der Waals surface area contributed by atoms with Crippen molar-refractivity contribution in [1.82, 2.24) is 5.32 Å². The van der Waals surface area contributed by atoms with Gasteiger partial charge in [-0.2, -0.15) is 0 Å². The summed E-state index contributed by atoms with van der Waals surface area (Å²) >= 11 is 0. The van der Waals surface area contributed by atoms with E-state index in [9.17, 15) is 0 Å². The third-order valence-corrected chi connectivity index (χ3v) is 3.66. The van der Waals surface area contributed by atoms with Crippen LogP contribution in [0.5, 0.6) is 0 Å². The van der Waals surface area contributed by atoms with Crippen LogP contribution < -0.4 is 10.2 Å². The van der Waals surface area contributed by atoms with Gasteiger partial charge in [-0.05, 0) is 58.7 Å². The molecule has 0 atom stereocenters. The van der Waals surface area contributed by atoms with Crippen LogP contribution in [-0.4, -0.2) is 25.2 Å². The van der Waals surface area contributed by atoms with Gasteiger partial charge in [0.25, 0.3) is 0 Å². The number of nitrogens with one attached hydrogen (secondary N) is 1. The molecule has 120 valence electrons. The molecule has 0 saturated heterocycles. The first-order chi connectivity index (χ1) is 10.0. The molecule has 0 aliphatic heterocycles. The smallest absolute Gasteiger partial charge is 0.0366 e. The monoisotopic (exact) mass is 290 g/mol. The van der Waals surface area contributed by atoms with Gasteiger partial charge in [0, 0.05) is 24.3 Å². The average Bonchev–Trinajstić information content (AvgIpc) is 2.45. The van der Waals surface area contributed by atoms with Crippen LogP contribution in [-0.2, 0) is 0 Å². The predicted octanol–water partition coefficient (Wildman–Crippen LogP) is 4.85. The molecule has 0 fully saturated rings. The van der Waals surface area contributed by atoms with Gasteiger partial charge in [-0.1, -0.05) is 38.0 Å². The van der Waals surface area contributed by atoms with E-state index in [2.05, 4.69) is 68.2 Å². The van der Waals surface area contributed by atoms with E-state index in [4.69, 9.17) is 0 Å². The molecule has 2 heteroatoms. The molecule has 21 heavy (non-hydrogen) atoms. The maximum absolute atomic E-state index is 3.56. The Labute approximate surface area is 131 Å². The van der Waals surface area contributed by atoms with Crippen LogP contribution in [0.15, 0.2) is 30.3 Å². The van der Waals surface area contributed by atoms with Crippen molar-refractivity contribution in [3.8, 4) is 0 Å². The molecule has 0 aliphatic carbocycles. The summed E-state index contributed by atoms with van der Waals surface area (Å²) in [6, 6.07) is 10.8. The van der Waals surface area contributed by atoms with Crippen molar-refractivity contribution >= 4 is 5.69 Å². The maximum atomic E-state index is 3.56. The Morgan fingerprint density at radius 2 is 1.57 bits per heavy atom. The number of benzene rings is 1. The summed E-state index contributed by atoms with van der Waals surface area (Å²) in [5.74, 6) is 0. The lowest BCUT2D eigenvalue weighted by Gasteiger charge is -2.25. The average molecular weight is 290 g/mol. The van der Waals surface area contributed by atoms with E-state index in [1.165, 1.54) is 50.9 Å². The number of hydrogen-bond donors (Lipinski definition) is 1. The molecular weight excluding hydrogens is 256 g/mol. The zero-order valence-corrected chi connectivity index (χ0v) is 14.5. The van der Waals surface area contributed by atoms with Crippen LogP contribution in [0.25, 0.3) is 0 Å². The molecule has 0 unspecified atom stereocenters. The zero-order chi connectivity index (χ0) is 15.6. The van der Waals surface area contributed by atoms with Gasteiger partial charge < -0.3 is 10.2 Å². The quantitative estimate of drug-likeness (QED) is 0.620. The Hall–Kier alpha value is -1.02. The first-order valence-electron chi connectivity index (χ1n) is 8.58. The zero-order valence-electron chi connectivity index (χ0n) is 14.5. The van der Waals surface area contributed by atoms with Gasteiger partial charge in [0.05, 0.1) is 0 Å². The summed E-state index contributed by atoms with van der Waals surface area (Å²) < 4.78 is 0. The van der Waals surface area contributed by atoms with Crippen LogP contribution in [0.1, 0.15) is 59.8 Å². The Bertz CT molecular complexity index is 354. The summed E-state index contributed by atoms with van der Waals surface area (Å²) in [6.07, 6.45) is 6.40. The number of unbranched alkanes of at least 4 members (excludes halogenated alkanes) is 3. The second-order valence-corrected chi connectivity index (χ2v) is 6.91. The summed E-state index contributed by atoms with van der Waals surface area (Å²) in [7, 11) is 0. The van der Waals surface area contributed by atoms with E-state index in [0.717, 1.165) is 6.54 Å². The van der Waals surface area contributed by atoms with Crippen molar-refractivity contribution in [3.63, 3.8) is 0 Å². The molecule has 0 amide bonds. The normalized spacial score (nSPS) is 11.6. The van der Waals surface area contributed by atoms with E-state index >= 15 is 0 Å². The van der Waals surface area contributed by atoms with E-state index in [1.807, 2.05) is 0 Å². The van der Waals surface area contributed by atoms with Crippen molar-refractivity contribution < 1.29 is 0 Å². The van der Waals surface area contributed by atoms with Crippen LogP contribution in [0.4, 0.5) is 5.69 Å². The van der Waals surface area contributed by atoms with Gasteiger partial charge in [-0.15, -0.1) is 0 Å². The minimum absolute atomic E-state index is 0.247. The number of nitrogens with zero attached hydrogens (tertiary/aromatic N) is 1. The molecule has 1 aromatic carbocycles. The molecule has 0 spiro atoms. The number of para-hydroxylation sites is 1. The number of rotatable bonds is 10. The van der Waals surface area contributed by atoms with Crippen molar-refractivity contribution in [2.45, 2.75) is 65.3 Å². The molecule has 1 rings (SSSR count). The summed E-state index contributed by atoms with van der Waals surface area (Å²) in [5.41, 5.74) is 1.62. The van der Waals surface area contributed by atoms with Crippen molar-refractivity contribution in [2.75, 3.05) is 24.5 Å². The number of anilines is 1. The highest BCUT2D eigenvalue weighted by Crippen LogP contribution is 2.15. The lowest BCUT2D eigenvalue weighted by atomic mass is 10.1. The molecule has 1 N–H and O–H groups in total. The standard InChI is InChI=1S/C19H34N2/c1-5-6-16-21(18-13-9-7-10-14-18)17-12-8-11-15-20-19(2,3)4/h7,9-10,13-14,20H,5-6,8,11-12,15-17H2,1-4H3. The summed E-state index contributed by atoms with van der Waals surface area (Å²) in [6.45, 7) is 12.4. The molecule has 0 saturated carbocycles. The van der Waals surface area contributed by atoms with E-state index in [0.29, 0.717) is 0 Å². The first kappa shape index (κ1) is 18.0. The Kier molecular flexibility index (Phi) is 8.44. The third-order valence-electron chi connectivity index (χ3n) is 3.66. The third kappa shape index (κ3) is 8.77. The van der Waals surface area contributed by atoms with Gasteiger partial charge in [-0.25, -0.2) is 0 Å². The molecule has 2 nitrogen and oxygen atoms in total. The molecule has 0 bridgehead atoms. The minimum atomic E-state index is 0.247. The first-order valence-corrected chi connectivity index (χ1v) is 8.58. The van der Waals surface area contributed by atoms with E-state index < -0.39 is 0 Å². The highest BCUT2D eigenvalue weighted by atomic mass is 15.1. The second-order valence-electron chi connectivity index (χ2n) is 6.91. The fraction of sp³-hybridized carbons (Fsp3) is 0.684. The van der Waals surface area contributed by atoms with Crippen LogP contribution in [0, 0.1) is 0 Å². The summed E-state index contributed by atoms with van der Waals surface area (Å²) in [4.78, 5) is 2.54. The fourth-order valence-corrected chi connectivity index (χ4v) is 2.43. The van der Waals surface area contributed by atoms with E-state index in [-0.39, 0.29) is 5.54 Å². The van der Waals surface area contributed by atoms with Gasteiger partial charge >= 0.3 is 0 Å². The van der Waals surface area contributed by atoms with Gasteiger partial charge in [0.1, 0.15) is 0 Å². The lowest BCUT2D eigenvalue weighted by Crippen LogP contribution is -2.36. The fourth-order valence-electron chi connectivity index (χ4n) is 2.43. The molecule has 0 aliphatic rings. The second kappa shape index (κ2) is 9.83. The molecule has 0 radical (unpaired) electrons. The molecular formula is C19H34N2. The Balaban J connectivity index is 2.27. The lowest BCUT2D eigenvalue weighted by molar-refractivity contribution is 0.417. The molecule has 1 aromatic rings. The van der Waals surface area contributed by atoms with Crippen molar-refractivity contribution in [2.24, 2.45) is 0 Å². The molecule has 0 heterocycles. The topological polar surface area (TPSA) is 15.3 Å². The Morgan fingerprint density at radius 3 is 2.19 bits per heavy atom. The van der Waals surface area contributed by atoms with Crippen molar-refractivity contribution in [1.29, 1.82) is 0 Å². The van der Waals surface area contributed by atoms with Gasteiger partial charge in [0.15, 0.2) is 0 Å². The predicted molar refractivity (Wildman–Crippen MR) is 95.2 cm³/mol. The highest BCUT2D eigenvalue weighted by molar-refractivity contribution is 5.45. The van der Waals surface area contributed by atoms with E-state index in [1.54, 1.807) is 0 Å². The summed E-state index contributed by atoms with van der Waals surface area (Å²) in [5, 5.41) is 3.56. The minimum Gasteiger partial charge on any atom is -0.372 e. The van der Waals surface area contributed by atoms with Crippen LogP contribution in [0.2, 0.25) is 0 Å². The maximum Gasteiger partial charge on any atom is 0.0366 e. The van der Waals surface area contributed by atoms with Crippen molar-refractivity contribution in [3.05, 3.63) is 30.3 Å². The Morgan fingerprint density at radius 1 is 0.905 bits per heavy atom. The van der Waals surface area contributed by atoms with Gasteiger partial charge in [-0.3, -0.25) is 0 Å². The SMILES string of the molecule is CCCCN(CCCCCNC(C)(C)C)c1ccccc1. The van der Waals surface area contributed by atoms with Crippen LogP contribution >= 0.6 is 0 Å². The highest BCUT2D eigenvalue weighted by Gasteiger charge is 2.08.